The summed E-state index contributed by atoms with van der Waals surface area (Å²) in [6.07, 6.45) is 3.57. The second kappa shape index (κ2) is 6.16. The van der Waals surface area contributed by atoms with Gasteiger partial charge >= 0.3 is 0 Å². The quantitative estimate of drug-likeness (QED) is 0.784. The molecule has 0 aliphatic carbocycles. The highest BCUT2D eigenvalue weighted by atomic mass is 16.5. The van der Waals surface area contributed by atoms with Crippen LogP contribution in [-0.4, -0.2) is 28.8 Å². The van der Waals surface area contributed by atoms with E-state index in [0.717, 1.165) is 34.1 Å². The summed E-state index contributed by atoms with van der Waals surface area (Å²) in [7, 11) is 3.32. The zero-order valence-electron chi connectivity index (χ0n) is 13.7. The molecule has 0 aliphatic rings. The highest BCUT2D eigenvalue weighted by Gasteiger charge is 2.15. The van der Waals surface area contributed by atoms with Crippen LogP contribution in [-0.2, 0) is 0 Å². The maximum atomic E-state index is 5.46. The maximum absolute atomic E-state index is 5.46. The summed E-state index contributed by atoms with van der Waals surface area (Å²) in [5.41, 5.74) is 2.90. The first-order valence-electron chi connectivity index (χ1n) is 7.42. The number of hydrogen-bond acceptors (Lipinski definition) is 5. The number of fused-ring (bicyclic) bond motifs is 1. The molecule has 0 saturated carbocycles. The van der Waals surface area contributed by atoms with Crippen molar-refractivity contribution in [1.29, 1.82) is 0 Å². The second-order valence-electron chi connectivity index (χ2n) is 5.37. The smallest absolute Gasteiger partial charge is 0.152 e. The molecule has 1 atom stereocenters. The minimum absolute atomic E-state index is 0.00560. The van der Waals surface area contributed by atoms with Gasteiger partial charge in [0.1, 0.15) is 17.0 Å². The third kappa shape index (κ3) is 2.92. The summed E-state index contributed by atoms with van der Waals surface area (Å²) < 4.78 is 12.6. The molecule has 3 aromatic rings. The van der Waals surface area contributed by atoms with Crippen molar-refractivity contribution in [3.8, 4) is 11.5 Å². The molecule has 6 heteroatoms. The molecule has 120 valence electrons. The van der Waals surface area contributed by atoms with Crippen LogP contribution >= 0.6 is 0 Å². The summed E-state index contributed by atoms with van der Waals surface area (Å²) in [5.74, 6) is 2.38. The van der Waals surface area contributed by atoms with Crippen LogP contribution in [0, 0.1) is 6.92 Å². The van der Waals surface area contributed by atoms with Crippen LogP contribution < -0.4 is 14.8 Å². The van der Waals surface area contributed by atoms with Crippen LogP contribution in [0.25, 0.3) is 5.52 Å². The summed E-state index contributed by atoms with van der Waals surface area (Å²) in [6, 6.07) is 7.76. The van der Waals surface area contributed by atoms with Gasteiger partial charge in [-0.15, -0.1) is 0 Å². The topological polar surface area (TPSA) is 60.7 Å². The number of rotatable bonds is 5. The van der Waals surface area contributed by atoms with Crippen LogP contribution in [0.3, 0.4) is 0 Å². The van der Waals surface area contributed by atoms with E-state index in [1.807, 2.05) is 41.9 Å². The molecule has 0 bridgehead atoms. The van der Waals surface area contributed by atoms with Gasteiger partial charge in [0.15, 0.2) is 5.82 Å². The first-order chi connectivity index (χ1) is 11.1. The lowest BCUT2D eigenvalue weighted by Gasteiger charge is -2.19. The van der Waals surface area contributed by atoms with Crippen molar-refractivity contribution in [2.45, 2.75) is 19.9 Å². The monoisotopic (exact) mass is 312 g/mol. The molecule has 0 fully saturated rings. The number of aromatic nitrogens is 3. The Morgan fingerprint density at radius 3 is 2.74 bits per heavy atom. The van der Waals surface area contributed by atoms with Crippen molar-refractivity contribution < 1.29 is 9.47 Å². The zero-order valence-corrected chi connectivity index (χ0v) is 13.7. The van der Waals surface area contributed by atoms with E-state index in [-0.39, 0.29) is 6.04 Å². The molecule has 0 radical (unpaired) electrons. The van der Waals surface area contributed by atoms with E-state index >= 15 is 0 Å². The van der Waals surface area contributed by atoms with Gasteiger partial charge in [-0.2, -0.15) is 5.10 Å². The first-order valence-corrected chi connectivity index (χ1v) is 7.42. The van der Waals surface area contributed by atoms with Gasteiger partial charge in [0.2, 0.25) is 0 Å². The molecular formula is C17H20N4O2. The van der Waals surface area contributed by atoms with E-state index < -0.39 is 0 Å². The Morgan fingerprint density at radius 1 is 1.17 bits per heavy atom. The van der Waals surface area contributed by atoms with Crippen LogP contribution in [0.4, 0.5) is 5.82 Å². The van der Waals surface area contributed by atoms with Gasteiger partial charge in [-0.3, -0.25) is 0 Å². The van der Waals surface area contributed by atoms with Crippen molar-refractivity contribution in [2.75, 3.05) is 19.5 Å². The number of anilines is 1. The van der Waals surface area contributed by atoms with E-state index in [2.05, 4.69) is 22.3 Å². The Balaban J connectivity index is 1.96. The summed E-state index contributed by atoms with van der Waals surface area (Å²) in [6.45, 7) is 4.02. The number of benzene rings is 1. The molecular weight excluding hydrogens is 292 g/mol. The molecule has 0 saturated heterocycles. The van der Waals surface area contributed by atoms with Gasteiger partial charge < -0.3 is 14.8 Å². The standard InChI is InChI=1S/C17H20N4O2/c1-11-9-15-17(18-7-8-21(15)20-11)19-12(2)14-10-13(22-3)5-6-16(14)23-4/h5-10,12H,1-4H3,(H,18,19)/t12-/m0/s1. The van der Waals surface area contributed by atoms with Gasteiger partial charge in [-0.05, 0) is 38.1 Å². The molecule has 0 amide bonds. The lowest BCUT2D eigenvalue weighted by Crippen LogP contribution is -2.10. The Hall–Kier alpha value is -2.76. The summed E-state index contributed by atoms with van der Waals surface area (Å²) >= 11 is 0. The molecule has 0 spiro atoms. The minimum Gasteiger partial charge on any atom is -0.497 e. The SMILES string of the molecule is COc1ccc(OC)c([C@H](C)Nc2nccn3nc(C)cc23)c1. The molecule has 23 heavy (non-hydrogen) atoms. The van der Waals surface area contributed by atoms with E-state index in [9.17, 15) is 0 Å². The lowest BCUT2D eigenvalue weighted by atomic mass is 10.1. The van der Waals surface area contributed by atoms with Gasteiger partial charge in [-0.1, -0.05) is 0 Å². The average Bonchev–Trinajstić information content (AvgIpc) is 2.95. The van der Waals surface area contributed by atoms with Crippen LogP contribution in [0.15, 0.2) is 36.7 Å². The molecule has 3 rings (SSSR count). The summed E-state index contributed by atoms with van der Waals surface area (Å²) in [4.78, 5) is 4.44. The van der Waals surface area contributed by atoms with Gasteiger partial charge in [0.05, 0.1) is 26.0 Å². The van der Waals surface area contributed by atoms with E-state index in [1.54, 1.807) is 20.4 Å². The molecule has 1 N–H and O–H groups in total. The fraction of sp³-hybridized carbons (Fsp3) is 0.294. The lowest BCUT2D eigenvalue weighted by molar-refractivity contribution is 0.397. The fourth-order valence-electron chi connectivity index (χ4n) is 2.62. The van der Waals surface area contributed by atoms with E-state index in [1.165, 1.54) is 0 Å². The number of nitrogens with one attached hydrogen (secondary N) is 1. The molecule has 2 aromatic heterocycles. The predicted octanol–water partition coefficient (Wildman–Crippen LogP) is 3.23. The molecule has 2 heterocycles. The number of methoxy groups -OCH3 is 2. The average molecular weight is 312 g/mol. The van der Waals surface area contributed by atoms with Crippen molar-refractivity contribution in [3.63, 3.8) is 0 Å². The van der Waals surface area contributed by atoms with E-state index in [0.29, 0.717) is 0 Å². The van der Waals surface area contributed by atoms with Crippen LogP contribution in [0.2, 0.25) is 0 Å². The van der Waals surface area contributed by atoms with Gasteiger partial charge in [-0.25, -0.2) is 9.50 Å². The Bertz CT molecular complexity index is 829. The normalized spacial score (nSPS) is 12.2. The second-order valence-corrected chi connectivity index (χ2v) is 5.37. The van der Waals surface area contributed by atoms with Crippen molar-refractivity contribution in [3.05, 3.63) is 47.9 Å². The Morgan fingerprint density at radius 2 is 2.00 bits per heavy atom. The fourth-order valence-corrected chi connectivity index (χ4v) is 2.62. The third-order valence-electron chi connectivity index (χ3n) is 3.77. The van der Waals surface area contributed by atoms with Crippen molar-refractivity contribution in [2.24, 2.45) is 0 Å². The van der Waals surface area contributed by atoms with Crippen LogP contribution in [0.5, 0.6) is 11.5 Å². The molecule has 6 nitrogen and oxygen atoms in total. The number of ether oxygens (including phenoxy) is 2. The maximum Gasteiger partial charge on any atom is 0.152 e. The first kappa shape index (κ1) is 15.1. The third-order valence-corrected chi connectivity index (χ3v) is 3.77. The molecule has 0 unspecified atom stereocenters. The minimum atomic E-state index is -0.00560. The van der Waals surface area contributed by atoms with Crippen LogP contribution in [0.1, 0.15) is 24.2 Å². The highest BCUT2D eigenvalue weighted by molar-refractivity contribution is 5.68. The number of aryl methyl sites for hydroxylation is 1. The zero-order chi connectivity index (χ0) is 16.4. The molecule has 0 aliphatic heterocycles. The Kier molecular flexibility index (Phi) is 4.06. The Labute approximate surface area is 135 Å². The van der Waals surface area contributed by atoms with E-state index in [4.69, 9.17) is 9.47 Å². The highest BCUT2D eigenvalue weighted by Crippen LogP contribution is 2.31. The van der Waals surface area contributed by atoms with Gasteiger partial charge in [0.25, 0.3) is 0 Å². The predicted molar refractivity (Wildman–Crippen MR) is 89.3 cm³/mol. The number of hydrogen-bond donors (Lipinski definition) is 1. The summed E-state index contributed by atoms with van der Waals surface area (Å²) in [5, 5.41) is 7.84. The largest absolute Gasteiger partial charge is 0.497 e. The van der Waals surface area contributed by atoms with Crippen molar-refractivity contribution in [1.82, 2.24) is 14.6 Å². The number of nitrogens with zero attached hydrogens (tertiary/aromatic N) is 3. The van der Waals surface area contributed by atoms with Gasteiger partial charge in [0, 0.05) is 18.0 Å². The van der Waals surface area contributed by atoms with Crippen molar-refractivity contribution >= 4 is 11.3 Å². The molecule has 1 aromatic carbocycles.